The van der Waals surface area contributed by atoms with Gasteiger partial charge in [0.15, 0.2) is 10.9 Å². The van der Waals surface area contributed by atoms with E-state index < -0.39 is 0 Å². The summed E-state index contributed by atoms with van der Waals surface area (Å²) in [5, 5.41) is 7.85. The highest BCUT2D eigenvalue weighted by atomic mass is 32.1. The first-order valence-electron chi connectivity index (χ1n) is 6.78. The van der Waals surface area contributed by atoms with Crippen LogP contribution in [-0.4, -0.2) is 48.9 Å². The smallest absolute Gasteiger partial charge is 0.293 e. The lowest BCUT2D eigenvalue weighted by Gasteiger charge is -2.15. The summed E-state index contributed by atoms with van der Waals surface area (Å²) in [5.74, 6) is -0.146. The number of carbonyl (C=O) groups excluding carboxylic acids is 2. The third kappa shape index (κ3) is 4.40. The Balaban J connectivity index is 1.88. The van der Waals surface area contributed by atoms with E-state index in [4.69, 9.17) is 4.42 Å². The molecule has 2 N–H and O–H groups in total. The number of thiazole rings is 1. The lowest BCUT2D eigenvalue weighted by Crippen LogP contribution is -2.33. The molecule has 0 fully saturated rings. The molecule has 0 atom stereocenters. The highest BCUT2D eigenvalue weighted by Gasteiger charge is 2.14. The van der Waals surface area contributed by atoms with Gasteiger partial charge in [0, 0.05) is 25.5 Å². The molecular formula is C14H18N4O3S. The molecule has 0 aliphatic heterocycles. The van der Waals surface area contributed by atoms with Crippen LogP contribution in [-0.2, 0) is 11.2 Å². The quantitative estimate of drug-likeness (QED) is 0.800. The van der Waals surface area contributed by atoms with Crippen LogP contribution in [0.1, 0.15) is 16.2 Å². The van der Waals surface area contributed by atoms with Gasteiger partial charge in [-0.15, -0.1) is 11.3 Å². The third-order valence-corrected chi connectivity index (χ3v) is 3.78. The van der Waals surface area contributed by atoms with Gasteiger partial charge in [0.05, 0.1) is 18.4 Å². The van der Waals surface area contributed by atoms with Crippen LogP contribution in [0.3, 0.4) is 0 Å². The predicted octanol–water partition coefficient (Wildman–Crippen LogP) is 1.21. The van der Waals surface area contributed by atoms with Crippen LogP contribution in [0.4, 0.5) is 5.13 Å². The monoisotopic (exact) mass is 322 g/mol. The van der Waals surface area contributed by atoms with Crippen LogP contribution in [0, 0.1) is 0 Å². The summed E-state index contributed by atoms with van der Waals surface area (Å²) in [6, 6.07) is 3.21. The van der Waals surface area contributed by atoms with Crippen molar-refractivity contribution in [1.82, 2.24) is 15.2 Å². The maximum Gasteiger partial charge on any atom is 0.293 e. The Bertz CT molecular complexity index is 624. The number of hydrogen-bond donors (Lipinski definition) is 2. The zero-order valence-corrected chi connectivity index (χ0v) is 13.3. The first-order chi connectivity index (χ1) is 10.6. The topological polar surface area (TPSA) is 87.5 Å². The molecule has 0 saturated carbocycles. The average molecular weight is 322 g/mol. The van der Waals surface area contributed by atoms with Crippen molar-refractivity contribution in [2.24, 2.45) is 0 Å². The molecule has 2 amide bonds. The molecule has 22 heavy (non-hydrogen) atoms. The molecule has 2 aromatic rings. The van der Waals surface area contributed by atoms with E-state index in [1.54, 1.807) is 29.5 Å². The summed E-state index contributed by atoms with van der Waals surface area (Å²) >= 11 is 1.28. The molecular weight excluding hydrogens is 304 g/mol. The fourth-order valence-electron chi connectivity index (χ4n) is 1.71. The van der Waals surface area contributed by atoms with E-state index in [1.165, 1.54) is 17.6 Å². The summed E-state index contributed by atoms with van der Waals surface area (Å²) in [6.45, 7) is 1.38. The second-order valence-corrected chi connectivity index (χ2v) is 5.53. The standard InChI is InChI=1S/C14H18N4O3S/c1-15-5-6-18(2)12(19)8-10-9-22-14(16-10)17-13(20)11-4-3-7-21-11/h3-4,7,9,15H,5-6,8H2,1-2H3,(H,16,17,20). The Morgan fingerprint density at radius 2 is 2.27 bits per heavy atom. The van der Waals surface area contributed by atoms with E-state index >= 15 is 0 Å². The van der Waals surface area contributed by atoms with Gasteiger partial charge in [-0.05, 0) is 19.2 Å². The van der Waals surface area contributed by atoms with Gasteiger partial charge in [-0.25, -0.2) is 4.98 Å². The van der Waals surface area contributed by atoms with Crippen LogP contribution in [0.5, 0.6) is 0 Å². The van der Waals surface area contributed by atoms with Gasteiger partial charge < -0.3 is 14.6 Å². The Kier molecular flexibility index (Phi) is 5.68. The molecule has 0 aliphatic carbocycles. The lowest BCUT2D eigenvalue weighted by molar-refractivity contribution is -0.129. The molecule has 0 bridgehead atoms. The van der Waals surface area contributed by atoms with Crippen LogP contribution in [0.25, 0.3) is 0 Å². The van der Waals surface area contributed by atoms with Crippen molar-refractivity contribution in [3.05, 3.63) is 35.2 Å². The van der Waals surface area contributed by atoms with Crippen LogP contribution in [0.15, 0.2) is 28.2 Å². The van der Waals surface area contributed by atoms with E-state index in [-0.39, 0.29) is 24.0 Å². The van der Waals surface area contributed by atoms with Gasteiger partial charge in [-0.1, -0.05) is 0 Å². The van der Waals surface area contributed by atoms with E-state index in [0.717, 1.165) is 6.54 Å². The summed E-state index contributed by atoms with van der Waals surface area (Å²) < 4.78 is 5.01. The normalized spacial score (nSPS) is 10.5. The summed E-state index contributed by atoms with van der Waals surface area (Å²) in [6.07, 6.45) is 1.65. The van der Waals surface area contributed by atoms with Gasteiger partial charge in [-0.3, -0.25) is 14.9 Å². The van der Waals surface area contributed by atoms with Gasteiger partial charge in [0.1, 0.15) is 0 Å². The fourth-order valence-corrected chi connectivity index (χ4v) is 2.41. The van der Waals surface area contributed by atoms with Crippen molar-refractivity contribution in [1.29, 1.82) is 0 Å². The maximum absolute atomic E-state index is 12.0. The molecule has 0 spiro atoms. The molecule has 2 rings (SSSR count). The molecule has 8 heteroatoms. The second-order valence-electron chi connectivity index (χ2n) is 4.67. The molecule has 0 aliphatic rings. The predicted molar refractivity (Wildman–Crippen MR) is 84.0 cm³/mol. The number of aromatic nitrogens is 1. The van der Waals surface area contributed by atoms with Crippen molar-refractivity contribution in [3.63, 3.8) is 0 Å². The number of nitrogens with zero attached hydrogens (tertiary/aromatic N) is 2. The van der Waals surface area contributed by atoms with E-state index in [1.807, 2.05) is 7.05 Å². The number of rotatable bonds is 7. The van der Waals surface area contributed by atoms with Crippen LogP contribution in [0.2, 0.25) is 0 Å². The molecule has 7 nitrogen and oxygen atoms in total. The highest BCUT2D eigenvalue weighted by molar-refractivity contribution is 7.14. The molecule has 0 unspecified atom stereocenters. The minimum absolute atomic E-state index is 0.00976. The van der Waals surface area contributed by atoms with Crippen molar-refractivity contribution in [2.45, 2.75) is 6.42 Å². The van der Waals surface area contributed by atoms with Crippen LogP contribution >= 0.6 is 11.3 Å². The first-order valence-corrected chi connectivity index (χ1v) is 7.66. The van der Waals surface area contributed by atoms with E-state index in [0.29, 0.717) is 17.4 Å². The number of anilines is 1. The zero-order chi connectivity index (χ0) is 15.9. The Morgan fingerprint density at radius 3 is 2.95 bits per heavy atom. The molecule has 0 radical (unpaired) electrons. The number of nitrogens with one attached hydrogen (secondary N) is 2. The van der Waals surface area contributed by atoms with E-state index in [9.17, 15) is 9.59 Å². The second kappa shape index (κ2) is 7.71. The zero-order valence-electron chi connectivity index (χ0n) is 12.5. The molecule has 2 heterocycles. The van der Waals surface area contributed by atoms with Crippen molar-refractivity contribution in [2.75, 3.05) is 32.5 Å². The maximum atomic E-state index is 12.0. The Morgan fingerprint density at radius 1 is 1.45 bits per heavy atom. The van der Waals surface area contributed by atoms with Crippen molar-refractivity contribution >= 4 is 28.3 Å². The van der Waals surface area contributed by atoms with Crippen LogP contribution < -0.4 is 10.6 Å². The summed E-state index contributed by atoms with van der Waals surface area (Å²) in [4.78, 5) is 29.7. The van der Waals surface area contributed by atoms with Crippen molar-refractivity contribution in [3.8, 4) is 0 Å². The molecule has 2 aromatic heterocycles. The summed E-state index contributed by atoms with van der Waals surface area (Å²) in [7, 11) is 3.60. The largest absolute Gasteiger partial charge is 0.459 e. The summed E-state index contributed by atoms with van der Waals surface area (Å²) in [5.41, 5.74) is 0.640. The fraction of sp³-hybridized carbons (Fsp3) is 0.357. The van der Waals surface area contributed by atoms with Gasteiger partial charge in [0.25, 0.3) is 5.91 Å². The third-order valence-electron chi connectivity index (χ3n) is 2.97. The minimum atomic E-state index is -0.358. The number of likely N-dealkylation sites (N-methyl/N-ethyl adjacent to an activating group) is 2. The lowest BCUT2D eigenvalue weighted by atomic mass is 10.3. The number of furan rings is 1. The van der Waals surface area contributed by atoms with E-state index in [2.05, 4.69) is 15.6 Å². The van der Waals surface area contributed by atoms with Crippen molar-refractivity contribution < 1.29 is 14.0 Å². The number of amides is 2. The first kappa shape index (κ1) is 16.2. The molecule has 0 saturated heterocycles. The Hall–Kier alpha value is -2.19. The molecule has 118 valence electrons. The van der Waals surface area contributed by atoms with Gasteiger partial charge in [0.2, 0.25) is 5.91 Å². The SMILES string of the molecule is CNCCN(C)C(=O)Cc1csc(NC(=O)c2ccco2)n1. The molecule has 0 aromatic carbocycles. The average Bonchev–Trinajstić information content (AvgIpc) is 3.16. The van der Waals surface area contributed by atoms with Gasteiger partial charge >= 0.3 is 0 Å². The number of hydrogen-bond acceptors (Lipinski definition) is 6. The highest BCUT2D eigenvalue weighted by Crippen LogP contribution is 2.17. The Labute approximate surface area is 132 Å². The number of carbonyl (C=O) groups is 2. The van der Waals surface area contributed by atoms with Gasteiger partial charge in [-0.2, -0.15) is 0 Å². The minimum Gasteiger partial charge on any atom is -0.459 e.